The molecule has 9 aromatic rings. The van der Waals surface area contributed by atoms with Crippen LogP contribution in [0.3, 0.4) is 0 Å². The number of para-hydroxylation sites is 3. The molecule has 234 valence electrons. The van der Waals surface area contributed by atoms with Crippen LogP contribution in [0.5, 0.6) is 11.5 Å². The van der Waals surface area contributed by atoms with Crippen molar-refractivity contribution in [2.24, 2.45) is 0 Å². The first-order valence-electron chi connectivity index (χ1n) is 17.1. The van der Waals surface area contributed by atoms with Gasteiger partial charge in [0.2, 0.25) is 0 Å². The molecule has 0 fully saturated rings. The summed E-state index contributed by atoms with van der Waals surface area (Å²) in [6.45, 7) is 0. The van der Waals surface area contributed by atoms with E-state index in [1.807, 2.05) is 11.3 Å². The fourth-order valence-corrected chi connectivity index (χ4v) is 9.82. The number of fused-ring (bicyclic) bond motifs is 14. The third-order valence-corrected chi connectivity index (χ3v) is 11.8. The maximum atomic E-state index is 6.61. The smallest absolute Gasteiger partial charge is 0.132 e. The first kappa shape index (κ1) is 27.8. The number of ether oxygens (including phenoxy) is 1. The molecule has 50 heavy (non-hydrogen) atoms. The summed E-state index contributed by atoms with van der Waals surface area (Å²) in [7, 11) is 0. The second-order valence-corrected chi connectivity index (χ2v) is 14.3. The molecule has 0 bridgehead atoms. The number of nitrogens with zero attached hydrogens (tertiary/aromatic N) is 1. The summed E-state index contributed by atoms with van der Waals surface area (Å²) >= 11 is 1.86. The third kappa shape index (κ3) is 3.73. The van der Waals surface area contributed by atoms with E-state index in [0.717, 1.165) is 28.6 Å². The molecule has 0 amide bonds. The maximum absolute atomic E-state index is 6.61. The number of hydrogen-bond acceptors (Lipinski definition) is 3. The van der Waals surface area contributed by atoms with Crippen LogP contribution in [0.2, 0.25) is 0 Å². The largest absolute Gasteiger partial charge is 0.457 e. The van der Waals surface area contributed by atoms with E-state index in [4.69, 9.17) is 4.74 Å². The molecule has 3 heteroatoms. The summed E-state index contributed by atoms with van der Waals surface area (Å²) in [6, 6.07) is 64.2. The van der Waals surface area contributed by atoms with Gasteiger partial charge in [0.25, 0.3) is 0 Å². The van der Waals surface area contributed by atoms with Crippen molar-refractivity contribution in [1.82, 2.24) is 0 Å². The molecular weight excluding hydrogens is 627 g/mol. The number of hydrogen-bond donors (Lipinski definition) is 0. The van der Waals surface area contributed by atoms with Crippen molar-refractivity contribution < 1.29 is 4.74 Å². The lowest BCUT2D eigenvalue weighted by molar-refractivity contribution is 0.436. The zero-order chi connectivity index (χ0) is 32.8. The van der Waals surface area contributed by atoms with Crippen molar-refractivity contribution >= 4 is 59.3 Å². The van der Waals surface area contributed by atoms with Crippen LogP contribution < -0.4 is 9.64 Å². The van der Waals surface area contributed by atoms with E-state index in [9.17, 15) is 0 Å². The minimum absolute atomic E-state index is 0.522. The predicted molar refractivity (Wildman–Crippen MR) is 209 cm³/mol. The molecule has 11 rings (SSSR count). The minimum Gasteiger partial charge on any atom is -0.457 e. The summed E-state index contributed by atoms with van der Waals surface area (Å²) in [5, 5.41) is 5.12. The molecule has 0 saturated heterocycles. The first-order chi connectivity index (χ1) is 24.8. The Morgan fingerprint density at radius 1 is 0.420 bits per heavy atom. The normalized spacial score (nSPS) is 13.5. The van der Waals surface area contributed by atoms with Crippen LogP contribution in [-0.2, 0) is 5.41 Å². The van der Waals surface area contributed by atoms with Crippen molar-refractivity contribution in [1.29, 1.82) is 0 Å². The zero-order valence-corrected chi connectivity index (χ0v) is 27.8. The molecule has 0 N–H and O–H groups in total. The van der Waals surface area contributed by atoms with E-state index in [1.165, 1.54) is 64.3 Å². The Balaban J connectivity index is 1.21. The molecule has 1 aliphatic heterocycles. The predicted octanol–water partition coefficient (Wildman–Crippen LogP) is 13.1. The van der Waals surface area contributed by atoms with Crippen molar-refractivity contribution in [3.63, 3.8) is 0 Å². The van der Waals surface area contributed by atoms with Gasteiger partial charge in [-0.15, -0.1) is 11.3 Å². The number of rotatable bonds is 3. The molecule has 0 unspecified atom stereocenters. The molecular formula is C47H29NOS. The molecule has 2 heterocycles. The standard InChI is InChI=1S/C47H29NOS/c1-2-13-31(14-3-1)48(33-23-25-36-35-16-6-11-21-44(35)50-45(36)29-33)32-24-27-38-37(28-32)46-34-15-5-4-12-30(34)22-26-41(46)47(38)39-17-7-9-19-42(39)49-43-20-10-8-18-40(43)47/h1-29H. The van der Waals surface area contributed by atoms with Crippen LogP contribution in [-0.4, -0.2) is 0 Å². The van der Waals surface area contributed by atoms with Gasteiger partial charge in [0.05, 0.1) is 5.41 Å². The maximum Gasteiger partial charge on any atom is 0.132 e. The quantitative estimate of drug-likeness (QED) is 0.188. The van der Waals surface area contributed by atoms with Crippen LogP contribution >= 0.6 is 11.3 Å². The topological polar surface area (TPSA) is 12.5 Å². The van der Waals surface area contributed by atoms with E-state index >= 15 is 0 Å². The summed E-state index contributed by atoms with van der Waals surface area (Å²) in [6.07, 6.45) is 0. The molecule has 8 aromatic carbocycles. The molecule has 1 spiro atoms. The minimum atomic E-state index is -0.522. The van der Waals surface area contributed by atoms with Gasteiger partial charge in [-0.05, 0) is 87.6 Å². The highest BCUT2D eigenvalue weighted by Crippen LogP contribution is 2.63. The summed E-state index contributed by atoms with van der Waals surface area (Å²) in [4.78, 5) is 2.41. The van der Waals surface area contributed by atoms with Crippen LogP contribution in [0, 0.1) is 0 Å². The Labute approximate surface area is 294 Å². The number of benzene rings is 8. The summed E-state index contributed by atoms with van der Waals surface area (Å²) in [5.41, 5.74) is 10.3. The fourth-order valence-electron chi connectivity index (χ4n) is 8.68. The second kappa shape index (κ2) is 10.4. The van der Waals surface area contributed by atoms with Crippen molar-refractivity contribution in [2.75, 3.05) is 4.90 Å². The van der Waals surface area contributed by atoms with Gasteiger partial charge >= 0.3 is 0 Å². The second-order valence-electron chi connectivity index (χ2n) is 13.2. The Kier molecular flexibility index (Phi) is 5.78. The molecule has 1 aliphatic carbocycles. The van der Waals surface area contributed by atoms with E-state index in [-0.39, 0.29) is 0 Å². The first-order valence-corrected chi connectivity index (χ1v) is 17.9. The van der Waals surface area contributed by atoms with Crippen LogP contribution in [0.15, 0.2) is 176 Å². The fraction of sp³-hybridized carbons (Fsp3) is 0.0213. The van der Waals surface area contributed by atoms with E-state index < -0.39 is 5.41 Å². The van der Waals surface area contributed by atoms with E-state index in [2.05, 4.69) is 181 Å². The van der Waals surface area contributed by atoms with Crippen LogP contribution in [0.1, 0.15) is 22.3 Å². The Morgan fingerprint density at radius 3 is 1.86 bits per heavy atom. The van der Waals surface area contributed by atoms with Gasteiger partial charge in [-0.2, -0.15) is 0 Å². The monoisotopic (exact) mass is 655 g/mol. The van der Waals surface area contributed by atoms with Gasteiger partial charge in [0.1, 0.15) is 11.5 Å². The SMILES string of the molecule is c1ccc(N(c2ccc3c(c2)-c2c(ccc4ccccc24)C32c3ccccc3Oc3ccccc32)c2ccc3c(c2)sc2ccccc23)cc1. The lowest BCUT2D eigenvalue weighted by Gasteiger charge is -2.39. The van der Waals surface area contributed by atoms with Gasteiger partial charge in [-0.1, -0.05) is 121 Å². The third-order valence-electron chi connectivity index (χ3n) is 10.7. The van der Waals surface area contributed by atoms with Gasteiger partial charge in [0.15, 0.2) is 0 Å². The molecule has 0 atom stereocenters. The summed E-state index contributed by atoms with van der Waals surface area (Å²) in [5.74, 6) is 1.81. The zero-order valence-electron chi connectivity index (χ0n) is 27.0. The molecule has 2 nitrogen and oxygen atoms in total. The van der Waals surface area contributed by atoms with E-state index in [1.54, 1.807) is 0 Å². The van der Waals surface area contributed by atoms with Gasteiger partial charge in [-0.3, -0.25) is 0 Å². The van der Waals surface area contributed by atoms with E-state index in [0.29, 0.717) is 0 Å². The molecule has 0 radical (unpaired) electrons. The number of anilines is 3. The Morgan fingerprint density at radius 2 is 1.04 bits per heavy atom. The number of thiophene rings is 1. The molecule has 1 aromatic heterocycles. The van der Waals surface area contributed by atoms with Crippen LogP contribution in [0.4, 0.5) is 17.1 Å². The average molecular weight is 656 g/mol. The highest BCUT2D eigenvalue weighted by molar-refractivity contribution is 7.25. The highest BCUT2D eigenvalue weighted by atomic mass is 32.1. The highest BCUT2D eigenvalue weighted by Gasteiger charge is 2.51. The molecule has 0 saturated carbocycles. The van der Waals surface area contributed by atoms with Crippen molar-refractivity contribution in [3.05, 3.63) is 198 Å². The average Bonchev–Trinajstić information content (AvgIpc) is 3.69. The van der Waals surface area contributed by atoms with Gasteiger partial charge in [-0.25, -0.2) is 0 Å². The Hall–Kier alpha value is -6.16. The van der Waals surface area contributed by atoms with Crippen molar-refractivity contribution in [3.8, 4) is 22.6 Å². The lowest BCUT2D eigenvalue weighted by atomic mass is 9.66. The lowest BCUT2D eigenvalue weighted by Crippen LogP contribution is -2.32. The van der Waals surface area contributed by atoms with Gasteiger partial charge < -0.3 is 9.64 Å². The van der Waals surface area contributed by atoms with Crippen LogP contribution in [0.25, 0.3) is 42.1 Å². The summed E-state index contributed by atoms with van der Waals surface area (Å²) < 4.78 is 9.21. The van der Waals surface area contributed by atoms with Gasteiger partial charge in [0, 0.05) is 48.4 Å². The van der Waals surface area contributed by atoms with Crippen molar-refractivity contribution in [2.45, 2.75) is 5.41 Å². The molecule has 2 aliphatic rings. The Bertz CT molecular complexity index is 2770.